The number of hydrogen-bond donors (Lipinski definition) is 2. The summed E-state index contributed by atoms with van der Waals surface area (Å²) in [6.45, 7) is -0.168. The van der Waals surface area contributed by atoms with E-state index in [0.29, 0.717) is 5.56 Å². The number of alkyl halides is 2. The van der Waals surface area contributed by atoms with Crippen LogP contribution in [-0.2, 0) is 16.4 Å². The molecule has 0 atom stereocenters. The van der Waals surface area contributed by atoms with Crippen molar-refractivity contribution in [2.45, 2.75) is 12.2 Å². The maximum Gasteiger partial charge on any atom is 0.350 e. The molecular formula is C10H11F2NO4S. The van der Waals surface area contributed by atoms with Crippen LogP contribution in [0.25, 0.3) is 0 Å². The number of hydrogen-bond acceptors (Lipinski definition) is 3. The minimum Gasteiger partial charge on any atom is -0.478 e. The number of benzene rings is 1. The number of sulfonamides is 1. The van der Waals surface area contributed by atoms with E-state index < -0.39 is 21.8 Å². The Hall–Kier alpha value is -1.54. The molecule has 0 unspecified atom stereocenters. The van der Waals surface area contributed by atoms with E-state index in [9.17, 15) is 22.0 Å². The molecule has 0 spiro atoms. The van der Waals surface area contributed by atoms with Gasteiger partial charge in [-0.15, -0.1) is 0 Å². The summed E-state index contributed by atoms with van der Waals surface area (Å²) in [5, 5.41) is 8.64. The first-order valence-corrected chi connectivity index (χ1v) is 6.46. The second-order valence-electron chi connectivity index (χ2n) is 3.45. The Morgan fingerprint density at radius 1 is 1.28 bits per heavy atom. The summed E-state index contributed by atoms with van der Waals surface area (Å²) in [6, 6.07) is 5.72. The smallest absolute Gasteiger partial charge is 0.350 e. The van der Waals surface area contributed by atoms with E-state index in [1.54, 1.807) is 4.72 Å². The number of aromatic carboxylic acids is 1. The topological polar surface area (TPSA) is 83.5 Å². The Labute approximate surface area is 102 Å². The highest BCUT2D eigenvalue weighted by Gasteiger charge is 2.22. The molecule has 0 radical (unpaired) electrons. The Kier molecular flexibility index (Phi) is 4.74. The van der Waals surface area contributed by atoms with Crippen molar-refractivity contribution in [3.8, 4) is 0 Å². The van der Waals surface area contributed by atoms with Crippen molar-refractivity contribution in [1.29, 1.82) is 0 Å². The molecule has 2 N–H and O–H groups in total. The molecule has 18 heavy (non-hydrogen) atoms. The first kappa shape index (κ1) is 14.5. The van der Waals surface area contributed by atoms with Gasteiger partial charge in [0.25, 0.3) is 10.0 Å². The molecule has 0 saturated carbocycles. The highest BCUT2D eigenvalue weighted by atomic mass is 32.2. The summed E-state index contributed by atoms with van der Waals surface area (Å²) in [4.78, 5) is 10.6. The summed E-state index contributed by atoms with van der Waals surface area (Å²) >= 11 is 0. The molecule has 1 aromatic carbocycles. The molecule has 0 aliphatic carbocycles. The molecule has 0 fully saturated rings. The molecule has 0 amide bonds. The van der Waals surface area contributed by atoms with Crippen LogP contribution in [0.4, 0.5) is 8.78 Å². The zero-order chi connectivity index (χ0) is 13.8. The first-order valence-electron chi connectivity index (χ1n) is 4.92. The van der Waals surface area contributed by atoms with Gasteiger partial charge in [0.2, 0.25) is 0 Å². The normalized spacial score (nSPS) is 11.7. The minimum atomic E-state index is -4.57. The van der Waals surface area contributed by atoms with E-state index in [1.165, 1.54) is 24.3 Å². The molecule has 1 aromatic rings. The second kappa shape index (κ2) is 5.87. The summed E-state index contributed by atoms with van der Waals surface area (Å²) in [7, 11) is -4.57. The number of carbonyl (C=O) groups is 1. The van der Waals surface area contributed by atoms with Gasteiger partial charge < -0.3 is 5.11 Å². The van der Waals surface area contributed by atoms with E-state index >= 15 is 0 Å². The third kappa shape index (κ3) is 4.04. The van der Waals surface area contributed by atoms with Crippen molar-refractivity contribution < 1.29 is 27.1 Å². The van der Waals surface area contributed by atoms with Crippen molar-refractivity contribution >= 4 is 16.0 Å². The Morgan fingerprint density at radius 2 is 1.83 bits per heavy atom. The molecule has 100 valence electrons. The average molecular weight is 279 g/mol. The molecule has 0 bridgehead atoms. The van der Waals surface area contributed by atoms with Gasteiger partial charge >= 0.3 is 11.7 Å². The van der Waals surface area contributed by atoms with Crippen LogP contribution in [0.3, 0.4) is 0 Å². The molecule has 0 heterocycles. The van der Waals surface area contributed by atoms with Crippen molar-refractivity contribution in [3.63, 3.8) is 0 Å². The number of halogens is 2. The van der Waals surface area contributed by atoms with Crippen molar-refractivity contribution in [2.24, 2.45) is 0 Å². The Morgan fingerprint density at radius 3 is 2.28 bits per heavy atom. The number of carboxylic acid groups (broad SMARTS) is 1. The largest absolute Gasteiger partial charge is 0.478 e. The van der Waals surface area contributed by atoms with E-state index in [2.05, 4.69) is 0 Å². The second-order valence-corrected chi connectivity index (χ2v) is 5.19. The van der Waals surface area contributed by atoms with E-state index in [4.69, 9.17) is 5.11 Å². The highest BCUT2D eigenvalue weighted by Crippen LogP contribution is 2.06. The zero-order valence-electron chi connectivity index (χ0n) is 9.14. The van der Waals surface area contributed by atoms with Crippen LogP contribution in [0.1, 0.15) is 15.9 Å². The molecule has 1 rings (SSSR count). The van der Waals surface area contributed by atoms with Gasteiger partial charge in [-0.05, 0) is 24.1 Å². The molecule has 0 aliphatic heterocycles. The van der Waals surface area contributed by atoms with Gasteiger partial charge in [0.05, 0.1) is 5.56 Å². The van der Waals surface area contributed by atoms with Crippen LogP contribution in [0.5, 0.6) is 0 Å². The number of nitrogens with one attached hydrogen (secondary N) is 1. The van der Waals surface area contributed by atoms with E-state index in [1.807, 2.05) is 0 Å². The SMILES string of the molecule is O=C(O)c1ccc(CCNS(=O)(=O)C(F)F)cc1. The zero-order valence-corrected chi connectivity index (χ0v) is 9.95. The van der Waals surface area contributed by atoms with Crippen LogP contribution < -0.4 is 4.72 Å². The van der Waals surface area contributed by atoms with E-state index in [0.717, 1.165) is 0 Å². The average Bonchev–Trinajstić information content (AvgIpc) is 2.29. The van der Waals surface area contributed by atoms with Crippen LogP contribution >= 0.6 is 0 Å². The quantitative estimate of drug-likeness (QED) is 0.816. The molecule has 5 nitrogen and oxygen atoms in total. The lowest BCUT2D eigenvalue weighted by atomic mass is 10.1. The minimum absolute atomic E-state index is 0.104. The van der Waals surface area contributed by atoms with Gasteiger partial charge in [0, 0.05) is 6.54 Å². The lowest BCUT2D eigenvalue weighted by molar-refractivity contribution is 0.0697. The molecule has 0 aromatic heterocycles. The molecular weight excluding hydrogens is 268 g/mol. The first-order chi connectivity index (χ1) is 8.33. The summed E-state index contributed by atoms with van der Waals surface area (Å²) in [5.41, 5.74) is 0.754. The van der Waals surface area contributed by atoms with Crippen LogP contribution in [0.2, 0.25) is 0 Å². The van der Waals surface area contributed by atoms with Gasteiger partial charge in [-0.3, -0.25) is 0 Å². The standard InChI is InChI=1S/C10H11F2NO4S/c11-10(12)18(16,17)13-6-5-7-1-3-8(4-2-7)9(14)15/h1-4,10,13H,5-6H2,(H,14,15). The third-order valence-electron chi connectivity index (χ3n) is 2.15. The summed E-state index contributed by atoms with van der Waals surface area (Å²) < 4.78 is 47.1. The predicted molar refractivity (Wildman–Crippen MR) is 60.0 cm³/mol. The van der Waals surface area contributed by atoms with Crippen molar-refractivity contribution in [2.75, 3.05) is 6.54 Å². The van der Waals surface area contributed by atoms with Gasteiger partial charge in [-0.2, -0.15) is 8.78 Å². The number of carboxylic acids is 1. The predicted octanol–water partition coefficient (Wildman–Crippen LogP) is 1.07. The molecule has 8 heteroatoms. The highest BCUT2D eigenvalue weighted by molar-refractivity contribution is 7.89. The van der Waals surface area contributed by atoms with Crippen LogP contribution in [-0.4, -0.2) is 31.8 Å². The van der Waals surface area contributed by atoms with Gasteiger partial charge in [0.15, 0.2) is 0 Å². The van der Waals surface area contributed by atoms with Crippen molar-refractivity contribution in [3.05, 3.63) is 35.4 Å². The fourth-order valence-corrected chi connectivity index (χ4v) is 1.73. The molecule has 0 saturated heterocycles. The number of rotatable bonds is 6. The maximum atomic E-state index is 12.0. The molecule has 0 aliphatic rings. The van der Waals surface area contributed by atoms with Crippen LogP contribution in [0.15, 0.2) is 24.3 Å². The Bertz CT molecular complexity index is 513. The Balaban J connectivity index is 2.52. The fourth-order valence-electron chi connectivity index (χ4n) is 1.21. The summed E-state index contributed by atoms with van der Waals surface area (Å²) in [5.74, 6) is -4.52. The fraction of sp³-hybridized carbons (Fsp3) is 0.300. The van der Waals surface area contributed by atoms with Gasteiger partial charge in [0.1, 0.15) is 0 Å². The lowest BCUT2D eigenvalue weighted by Gasteiger charge is -2.05. The monoisotopic (exact) mass is 279 g/mol. The third-order valence-corrected chi connectivity index (χ3v) is 3.23. The van der Waals surface area contributed by atoms with Gasteiger partial charge in [-0.25, -0.2) is 17.9 Å². The van der Waals surface area contributed by atoms with E-state index in [-0.39, 0.29) is 18.5 Å². The maximum absolute atomic E-state index is 12.0. The summed E-state index contributed by atoms with van der Waals surface area (Å²) in [6.07, 6.45) is 0.200. The lowest BCUT2D eigenvalue weighted by Crippen LogP contribution is -2.31. The van der Waals surface area contributed by atoms with Crippen molar-refractivity contribution in [1.82, 2.24) is 4.72 Å². The van der Waals surface area contributed by atoms with Crippen LogP contribution in [0, 0.1) is 0 Å². The van der Waals surface area contributed by atoms with Gasteiger partial charge in [-0.1, -0.05) is 12.1 Å².